The molecule has 1 aliphatic rings. The Morgan fingerprint density at radius 2 is 2.43 bits per heavy atom. The molecule has 21 heavy (non-hydrogen) atoms. The molecule has 1 atom stereocenters. The highest BCUT2D eigenvalue weighted by molar-refractivity contribution is 5.84. The van der Waals surface area contributed by atoms with E-state index in [2.05, 4.69) is 15.0 Å². The summed E-state index contributed by atoms with van der Waals surface area (Å²) < 4.78 is 86.6. The van der Waals surface area contributed by atoms with Crippen molar-refractivity contribution >= 4 is 17.0 Å². The Bertz CT molecular complexity index is 1070. The van der Waals surface area contributed by atoms with Gasteiger partial charge in [-0.25, -0.2) is 4.79 Å². The molecule has 1 aromatic carbocycles. The number of hydrogen-bond acceptors (Lipinski definition) is 3. The fourth-order valence-electron chi connectivity index (χ4n) is 1.90. The normalized spacial score (nSPS) is 28.9. The molecule has 0 unspecified atom stereocenters. The van der Waals surface area contributed by atoms with Gasteiger partial charge in [0.1, 0.15) is 6.56 Å². The molecule has 2 heterocycles. The number of aromatic amines is 1. The van der Waals surface area contributed by atoms with Gasteiger partial charge >= 0.3 is 6.09 Å². The van der Waals surface area contributed by atoms with E-state index in [0.717, 1.165) is 4.90 Å². The fourth-order valence-corrected chi connectivity index (χ4v) is 1.90. The lowest BCUT2D eigenvalue weighted by Crippen LogP contribution is -2.28. The number of nitrogens with one attached hydrogen (secondary N) is 2. The lowest BCUT2D eigenvalue weighted by molar-refractivity contribution is 0.177. The SMILES string of the molecule is [2H]c1[nH]c2c([2H])c([2H])c(C[C@@H]3NC(=O)OC3([2H])[2H])c([2H])c2c1C([2H])([2H])C([2H])([2H])N(C)C. The first-order valence-electron chi connectivity index (χ1n) is 11.3. The topological polar surface area (TPSA) is 57.4 Å². The van der Waals surface area contributed by atoms with Crippen molar-refractivity contribution in [1.29, 1.82) is 0 Å². The van der Waals surface area contributed by atoms with Gasteiger partial charge in [0.15, 0.2) is 0 Å². The molecule has 5 heteroatoms. The number of alkyl carbamates (subject to hydrolysis) is 1. The van der Waals surface area contributed by atoms with E-state index in [-0.39, 0.29) is 22.9 Å². The number of nitrogens with zero attached hydrogens (tertiary/aromatic N) is 1. The van der Waals surface area contributed by atoms with Gasteiger partial charge in [-0.2, -0.15) is 0 Å². The second kappa shape index (κ2) is 5.77. The van der Waals surface area contributed by atoms with Crippen molar-refractivity contribution in [1.82, 2.24) is 15.2 Å². The van der Waals surface area contributed by atoms with Crippen LogP contribution in [0.5, 0.6) is 0 Å². The van der Waals surface area contributed by atoms with Crippen LogP contribution >= 0.6 is 0 Å². The second-order valence-electron chi connectivity index (χ2n) is 4.77. The Balaban J connectivity index is 2.27. The van der Waals surface area contributed by atoms with E-state index < -0.39 is 61.4 Å². The number of carbonyl (C=O) groups excluding carboxylic acids is 1. The molecule has 0 radical (unpaired) electrons. The average molecular weight is 297 g/mol. The minimum absolute atomic E-state index is 0.154. The molecule has 112 valence electrons. The van der Waals surface area contributed by atoms with Crippen LogP contribution in [0.4, 0.5) is 4.79 Å². The van der Waals surface area contributed by atoms with E-state index in [1.807, 2.05) is 0 Å². The minimum atomic E-state index is -2.78. The van der Waals surface area contributed by atoms with E-state index in [4.69, 9.17) is 13.7 Å². The first kappa shape index (κ1) is 6.40. The molecular formula is C16H21N3O2. The predicted octanol–water partition coefficient (Wildman–Crippen LogP) is 1.92. The van der Waals surface area contributed by atoms with Gasteiger partial charge in [0.25, 0.3) is 0 Å². The van der Waals surface area contributed by atoms with Gasteiger partial charge < -0.3 is 19.9 Å². The summed E-state index contributed by atoms with van der Waals surface area (Å²) >= 11 is 0. The lowest BCUT2D eigenvalue weighted by atomic mass is 10.0. The van der Waals surface area contributed by atoms with Crippen LogP contribution in [0, 0.1) is 0 Å². The molecule has 2 N–H and O–H groups in total. The quantitative estimate of drug-likeness (QED) is 0.886. The van der Waals surface area contributed by atoms with Gasteiger partial charge in [-0.3, -0.25) is 0 Å². The van der Waals surface area contributed by atoms with E-state index in [1.165, 1.54) is 14.1 Å². The van der Waals surface area contributed by atoms with Gasteiger partial charge in [0.2, 0.25) is 0 Å². The first-order chi connectivity index (χ1) is 14.0. The van der Waals surface area contributed by atoms with Gasteiger partial charge in [-0.1, -0.05) is 6.04 Å². The van der Waals surface area contributed by atoms with E-state index in [0.29, 0.717) is 0 Å². The zero-order valence-electron chi connectivity index (χ0n) is 21.5. The van der Waals surface area contributed by atoms with Crippen molar-refractivity contribution in [3.8, 4) is 0 Å². The highest BCUT2D eigenvalue weighted by Gasteiger charge is 2.22. The predicted molar refractivity (Wildman–Crippen MR) is 82.5 cm³/mol. The molecule has 5 nitrogen and oxygen atoms in total. The van der Waals surface area contributed by atoms with Crippen LogP contribution in [0.1, 0.15) is 24.8 Å². The van der Waals surface area contributed by atoms with Crippen molar-refractivity contribution in [2.24, 2.45) is 0 Å². The number of carbonyl (C=O) groups is 1. The largest absolute Gasteiger partial charge is 0.447 e. The maximum absolute atomic E-state index is 11.4. The molecule has 3 rings (SSSR count). The summed E-state index contributed by atoms with van der Waals surface area (Å²) in [6.07, 6.45) is -4.71. The Hall–Kier alpha value is -2.01. The lowest BCUT2D eigenvalue weighted by Gasteiger charge is -2.09. The van der Waals surface area contributed by atoms with Crippen molar-refractivity contribution < 1.29 is 23.2 Å². The van der Waals surface area contributed by atoms with Gasteiger partial charge in [0, 0.05) is 29.1 Å². The Morgan fingerprint density at radius 3 is 3.14 bits per heavy atom. The number of aryl methyl sites for hydroxylation is 1. The molecule has 1 aliphatic heterocycles. The minimum Gasteiger partial charge on any atom is -0.447 e. The maximum atomic E-state index is 11.4. The highest BCUT2D eigenvalue weighted by Crippen LogP contribution is 2.21. The summed E-state index contributed by atoms with van der Waals surface area (Å²) in [5.41, 5.74) is -0.791. The van der Waals surface area contributed by atoms with Crippen molar-refractivity contribution in [3.05, 3.63) is 35.4 Å². The molecule has 1 aromatic heterocycles. The Kier molecular flexibility index (Phi) is 1.76. The van der Waals surface area contributed by atoms with Gasteiger partial charge in [0.05, 0.1) is 14.3 Å². The number of ether oxygens (including phenoxy) is 1. The Labute approximate surface area is 138 Å². The average Bonchev–Trinajstić information content (AvgIpc) is 3.11. The van der Waals surface area contributed by atoms with E-state index >= 15 is 0 Å². The number of fused-ring (bicyclic) bond motifs is 1. The number of aromatic nitrogens is 1. The number of hydrogen-bond donors (Lipinski definition) is 2. The number of H-pyrrole nitrogens is 1. The number of rotatable bonds is 5. The van der Waals surface area contributed by atoms with Crippen molar-refractivity contribution in [2.75, 3.05) is 27.2 Å². The number of benzene rings is 1. The van der Waals surface area contributed by atoms with Crippen LogP contribution in [0.2, 0.25) is 0 Å². The van der Waals surface area contributed by atoms with Crippen LogP contribution < -0.4 is 5.32 Å². The molecule has 1 amide bonds. The van der Waals surface area contributed by atoms with Crippen LogP contribution in [0.25, 0.3) is 10.9 Å². The number of likely N-dealkylation sites (N-methyl/N-ethyl adjacent to an activating group) is 1. The smallest absolute Gasteiger partial charge is 0.407 e. The van der Waals surface area contributed by atoms with Gasteiger partial charge in [-0.15, -0.1) is 0 Å². The maximum Gasteiger partial charge on any atom is 0.407 e. The zero-order chi connectivity index (χ0) is 23.7. The third-order valence-corrected chi connectivity index (χ3v) is 2.83. The highest BCUT2D eigenvalue weighted by atomic mass is 16.6. The molecule has 1 fully saturated rings. The summed E-state index contributed by atoms with van der Waals surface area (Å²) in [6.45, 7) is -5.01. The van der Waals surface area contributed by atoms with Crippen LogP contribution in [0.15, 0.2) is 24.3 Å². The van der Waals surface area contributed by atoms with Crippen molar-refractivity contribution in [3.63, 3.8) is 0 Å². The molecule has 1 saturated heterocycles. The molecule has 0 bridgehead atoms. The third-order valence-electron chi connectivity index (χ3n) is 2.83. The monoisotopic (exact) mass is 297 g/mol. The van der Waals surface area contributed by atoms with Crippen molar-refractivity contribution in [2.45, 2.75) is 18.8 Å². The van der Waals surface area contributed by atoms with Crippen LogP contribution in [-0.4, -0.2) is 49.2 Å². The molecule has 2 aromatic rings. The summed E-state index contributed by atoms with van der Waals surface area (Å²) in [4.78, 5) is 14.9. The summed E-state index contributed by atoms with van der Waals surface area (Å²) in [6, 6.07) is -2.60. The molecule has 0 spiro atoms. The second-order valence-corrected chi connectivity index (χ2v) is 4.77. The molecule has 0 saturated carbocycles. The van der Waals surface area contributed by atoms with Crippen LogP contribution in [-0.2, 0) is 17.5 Å². The summed E-state index contributed by atoms with van der Waals surface area (Å²) in [5.74, 6) is 0. The summed E-state index contributed by atoms with van der Waals surface area (Å²) in [5, 5.41) is 2.02. The fraction of sp³-hybridized carbons (Fsp3) is 0.438. The zero-order valence-corrected chi connectivity index (χ0v) is 11.5. The van der Waals surface area contributed by atoms with E-state index in [1.54, 1.807) is 0 Å². The summed E-state index contributed by atoms with van der Waals surface area (Å²) in [7, 11) is 2.65. The number of amides is 1. The standard InChI is InChI=1S/C16H21N3O2/c1-19(2)6-5-12-9-17-15-4-3-11(8-14(12)15)7-13-10-21-16(20)18-13/h3-4,8-9,13,17H,5-7,10H2,1-2H3,(H,18,20)/t13-/m0/s1/i3D,4D,5D2,6D2,8D,9D,10D2. The van der Waals surface area contributed by atoms with Crippen LogP contribution in [0.3, 0.4) is 0 Å². The molecule has 0 aliphatic carbocycles. The molecular weight excluding hydrogens is 266 g/mol. The first-order valence-corrected chi connectivity index (χ1v) is 6.32. The third kappa shape index (κ3) is 3.19. The number of cyclic esters (lactones) is 1. The Morgan fingerprint density at radius 1 is 1.57 bits per heavy atom. The van der Waals surface area contributed by atoms with E-state index in [9.17, 15) is 4.79 Å². The van der Waals surface area contributed by atoms with Gasteiger partial charge in [-0.05, 0) is 50.1 Å².